The Bertz CT molecular complexity index is 327. The van der Waals surface area contributed by atoms with Crippen molar-refractivity contribution in [2.75, 3.05) is 6.54 Å². The van der Waals surface area contributed by atoms with Crippen LogP contribution in [0.1, 0.15) is 12.1 Å². The van der Waals surface area contributed by atoms with E-state index in [2.05, 4.69) is 20.7 Å². The number of nitrogens with one attached hydrogen (secondary N) is 2. The van der Waals surface area contributed by atoms with E-state index in [1.807, 2.05) is 0 Å². The molecule has 1 aromatic heterocycles. The maximum absolute atomic E-state index is 10.6. The minimum absolute atomic E-state index is 0.0669. The zero-order chi connectivity index (χ0) is 10.7. The topological polar surface area (TPSA) is 100 Å². The lowest BCUT2D eigenvalue weighted by molar-refractivity contribution is -0.139. The number of H-pyrrole nitrogens is 1. The molecule has 1 aliphatic heterocycles. The van der Waals surface area contributed by atoms with E-state index in [1.165, 1.54) is 0 Å². The van der Waals surface area contributed by atoms with Crippen molar-refractivity contribution < 1.29 is 14.6 Å². The van der Waals surface area contributed by atoms with Crippen molar-refractivity contribution in [2.24, 2.45) is 0 Å². The molecular weight excluding hydrogens is 200 g/mol. The average Bonchev–Trinajstić information content (AvgIpc) is 2.86. The van der Waals surface area contributed by atoms with E-state index in [1.54, 1.807) is 6.20 Å². The van der Waals surface area contributed by atoms with Gasteiger partial charge in [0, 0.05) is 13.0 Å². The maximum atomic E-state index is 10.6. The Hall–Kier alpha value is -1.47. The first-order valence-electron chi connectivity index (χ1n) is 4.68. The van der Waals surface area contributed by atoms with Gasteiger partial charge in [0.05, 0.1) is 18.9 Å². The maximum Gasteiger partial charge on any atom is 0.320 e. The largest absolute Gasteiger partial charge is 0.480 e. The van der Waals surface area contributed by atoms with Gasteiger partial charge in [-0.15, -0.1) is 0 Å². The summed E-state index contributed by atoms with van der Waals surface area (Å²) in [5, 5.41) is 21.6. The van der Waals surface area contributed by atoms with Gasteiger partial charge < -0.3 is 15.2 Å². The first kappa shape index (κ1) is 10.1. The second-order valence-corrected chi connectivity index (χ2v) is 3.43. The van der Waals surface area contributed by atoms with Gasteiger partial charge in [-0.1, -0.05) is 0 Å². The molecule has 82 valence electrons. The predicted molar refractivity (Wildman–Crippen MR) is 49.0 cm³/mol. The number of hydrogen-bond acceptors (Lipinski definition) is 5. The molecule has 2 heterocycles. The van der Waals surface area contributed by atoms with Crippen LogP contribution in [0.5, 0.6) is 0 Å². The molecule has 0 saturated carbocycles. The molecule has 0 aromatic carbocycles. The highest BCUT2D eigenvalue weighted by atomic mass is 16.5. The molecule has 0 spiro atoms. The van der Waals surface area contributed by atoms with Crippen molar-refractivity contribution in [3.05, 3.63) is 11.9 Å². The number of carboxylic acid groups (broad SMARTS) is 1. The minimum atomic E-state index is -0.831. The molecule has 1 aromatic rings. The van der Waals surface area contributed by atoms with Crippen molar-refractivity contribution in [1.82, 2.24) is 20.7 Å². The van der Waals surface area contributed by atoms with Crippen molar-refractivity contribution in [1.29, 1.82) is 0 Å². The zero-order valence-corrected chi connectivity index (χ0v) is 8.01. The SMILES string of the molecule is O=C(O)[C@@H]1C[C@@H](OCc2cn[nH]n2)CN1. The monoisotopic (exact) mass is 212 g/mol. The average molecular weight is 212 g/mol. The third-order valence-electron chi connectivity index (χ3n) is 2.32. The predicted octanol–water partition coefficient (Wildman–Crippen LogP) is -0.864. The van der Waals surface area contributed by atoms with E-state index in [0.29, 0.717) is 25.3 Å². The summed E-state index contributed by atoms with van der Waals surface area (Å²) in [5.74, 6) is -0.831. The van der Waals surface area contributed by atoms with E-state index >= 15 is 0 Å². The summed E-state index contributed by atoms with van der Waals surface area (Å²) in [6.07, 6.45) is 2.01. The van der Waals surface area contributed by atoms with Crippen LogP contribution in [-0.2, 0) is 16.1 Å². The number of rotatable bonds is 4. The molecule has 0 radical (unpaired) electrons. The molecule has 0 aliphatic carbocycles. The summed E-state index contributed by atoms with van der Waals surface area (Å²) in [6.45, 7) is 0.921. The smallest absolute Gasteiger partial charge is 0.320 e. The summed E-state index contributed by atoms with van der Waals surface area (Å²) in [6, 6.07) is -0.493. The molecule has 0 bridgehead atoms. The normalized spacial score (nSPS) is 25.6. The van der Waals surface area contributed by atoms with Gasteiger partial charge in [-0.3, -0.25) is 4.79 Å². The Morgan fingerprint density at radius 3 is 3.20 bits per heavy atom. The second kappa shape index (κ2) is 4.37. The molecule has 3 N–H and O–H groups in total. The van der Waals surface area contributed by atoms with Crippen LogP contribution in [-0.4, -0.2) is 45.2 Å². The van der Waals surface area contributed by atoms with Crippen molar-refractivity contribution in [3.63, 3.8) is 0 Å². The number of aromatic amines is 1. The van der Waals surface area contributed by atoms with Crippen LogP contribution in [0, 0.1) is 0 Å². The molecule has 2 rings (SSSR count). The number of aromatic nitrogens is 3. The third kappa shape index (κ3) is 2.51. The number of carboxylic acids is 1. The summed E-state index contributed by atoms with van der Waals surface area (Å²) in [5.41, 5.74) is 0.716. The molecule has 7 nitrogen and oxygen atoms in total. The Morgan fingerprint density at radius 2 is 2.60 bits per heavy atom. The highest BCUT2D eigenvalue weighted by molar-refractivity contribution is 5.73. The van der Waals surface area contributed by atoms with Gasteiger partial charge >= 0.3 is 5.97 Å². The quantitative estimate of drug-likeness (QED) is 0.600. The van der Waals surface area contributed by atoms with Gasteiger partial charge in [0.15, 0.2) is 0 Å². The molecule has 1 saturated heterocycles. The molecule has 0 amide bonds. The van der Waals surface area contributed by atoms with Crippen LogP contribution >= 0.6 is 0 Å². The summed E-state index contributed by atoms with van der Waals surface area (Å²) in [7, 11) is 0. The number of hydrogen-bond donors (Lipinski definition) is 3. The lowest BCUT2D eigenvalue weighted by Crippen LogP contribution is -2.29. The Balaban J connectivity index is 1.75. The van der Waals surface area contributed by atoms with Crippen LogP contribution in [0.3, 0.4) is 0 Å². The second-order valence-electron chi connectivity index (χ2n) is 3.43. The highest BCUT2D eigenvalue weighted by Gasteiger charge is 2.29. The lowest BCUT2D eigenvalue weighted by atomic mass is 10.2. The summed E-state index contributed by atoms with van der Waals surface area (Å²) < 4.78 is 5.48. The number of ether oxygens (including phenoxy) is 1. The van der Waals surface area contributed by atoms with Crippen molar-refractivity contribution in [2.45, 2.75) is 25.2 Å². The Kier molecular flexibility index (Phi) is 2.93. The number of carbonyl (C=O) groups is 1. The van der Waals surface area contributed by atoms with Gasteiger partial charge in [0.1, 0.15) is 11.7 Å². The highest BCUT2D eigenvalue weighted by Crippen LogP contribution is 2.11. The zero-order valence-electron chi connectivity index (χ0n) is 8.01. The Labute approximate surface area is 85.8 Å². The van der Waals surface area contributed by atoms with Crippen LogP contribution < -0.4 is 5.32 Å². The fourth-order valence-corrected chi connectivity index (χ4v) is 1.52. The number of aliphatic carboxylic acids is 1. The van der Waals surface area contributed by atoms with Crippen LogP contribution in [0.25, 0.3) is 0 Å². The minimum Gasteiger partial charge on any atom is -0.480 e. The van der Waals surface area contributed by atoms with Crippen LogP contribution in [0.2, 0.25) is 0 Å². The Morgan fingerprint density at radius 1 is 1.73 bits per heavy atom. The van der Waals surface area contributed by atoms with E-state index in [9.17, 15) is 4.79 Å². The fraction of sp³-hybridized carbons (Fsp3) is 0.625. The van der Waals surface area contributed by atoms with E-state index in [-0.39, 0.29) is 6.10 Å². The first-order valence-corrected chi connectivity index (χ1v) is 4.68. The standard InChI is InChI=1S/C8H12N4O3/c13-8(14)7-1-6(3-9-7)15-4-5-2-10-12-11-5/h2,6-7,9H,1,3-4H2,(H,13,14)(H,10,11,12)/t6-,7+/m1/s1. The molecule has 1 aliphatic rings. The number of nitrogens with zero attached hydrogens (tertiary/aromatic N) is 2. The molecule has 0 unspecified atom stereocenters. The third-order valence-corrected chi connectivity index (χ3v) is 2.32. The van der Waals surface area contributed by atoms with E-state index in [0.717, 1.165) is 0 Å². The van der Waals surface area contributed by atoms with Gasteiger partial charge in [0.25, 0.3) is 0 Å². The summed E-state index contributed by atoms with van der Waals surface area (Å²) in [4.78, 5) is 10.6. The molecule has 15 heavy (non-hydrogen) atoms. The van der Waals surface area contributed by atoms with Crippen molar-refractivity contribution in [3.8, 4) is 0 Å². The molecule has 2 atom stereocenters. The molecule has 1 fully saturated rings. The first-order chi connectivity index (χ1) is 7.25. The fourth-order valence-electron chi connectivity index (χ4n) is 1.52. The van der Waals surface area contributed by atoms with Crippen LogP contribution in [0.15, 0.2) is 6.20 Å². The van der Waals surface area contributed by atoms with Gasteiger partial charge in [-0.05, 0) is 0 Å². The summed E-state index contributed by atoms with van der Waals surface area (Å²) >= 11 is 0. The van der Waals surface area contributed by atoms with E-state index in [4.69, 9.17) is 9.84 Å². The molecule has 7 heteroatoms. The van der Waals surface area contributed by atoms with Crippen molar-refractivity contribution >= 4 is 5.97 Å². The molecular formula is C8H12N4O3. The van der Waals surface area contributed by atoms with E-state index < -0.39 is 12.0 Å². The van der Waals surface area contributed by atoms with Crippen LogP contribution in [0.4, 0.5) is 0 Å². The van der Waals surface area contributed by atoms with Gasteiger partial charge in [0.2, 0.25) is 0 Å². The van der Waals surface area contributed by atoms with Gasteiger partial charge in [-0.25, -0.2) is 0 Å². The lowest BCUT2D eigenvalue weighted by Gasteiger charge is -2.08. The van der Waals surface area contributed by atoms with Gasteiger partial charge in [-0.2, -0.15) is 15.4 Å².